The molecule has 0 aliphatic carbocycles. The number of piperidine rings is 1. The number of rotatable bonds is 5. The van der Waals surface area contributed by atoms with Crippen LogP contribution in [-0.2, 0) is 4.79 Å². The van der Waals surface area contributed by atoms with Crippen LogP contribution in [0.1, 0.15) is 35.7 Å². The summed E-state index contributed by atoms with van der Waals surface area (Å²) in [5, 5.41) is 6.14. The van der Waals surface area contributed by atoms with E-state index in [4.69, 9.17) is 0 Å². The zero-order valence-corrected chi connectivity index (χ0v) is 15.5. The maximum Gasteiger partial charge on any atom is 0.251 e. The van der Waals surface area contributed by atoms with Crippen LogP contribution in [0.15, 0.2) is 24.3 Å². The smallest absolute Gasteiger partial charge is 0.251 e. The van der Waals surface area contributed by atoms with Crippen molar-refractivity contribution < 1.29 is 9.59 Å². The lowest BCUT2D eigenvalue weighted by Crippen LogP contribution is -2.48. The molecule has 0 aromatic heterocycles. The van der Waals surface area contributed by atoms with Crippen LogP contribution >= 0.6 is 12.4 Å². The van der Waals surface area contributed by atoms with Gasteiger partial charge in [0.05, 0.1) is 0 Å². The van der Waals surface area contributed by atoms with Gasteiger partial charge in [-0.3, -0.25) is 9.59 Å². The number of aryl methyl sites for hydroxylation is 1. The first-order valence-electron chi connectivity index (χ1n) is 8.32. The van der Waals surface area contributed by atoms with Crippen molar-refractivity contribution in [2.75, 3.05) is 26.7 Å². The van der Waals surface area contributed by atoms with Crippen molar-refractivity contribution in [3.8, 4) is 0 Å². The molecule has 1 saturated heterocycles. The summed E-state index contributed by atoms with van der Waals surface area (Å²) < 4.78 is 0. The van der Waals surface area contributed by atoms with Crippen LogP contribution in [0.2, 0.25) is 0 Å². The normalized spacial score (nSPS) is 16.2. The Bertz CT molecular complexity index is 557. The summed E-state index contributed by atoms with van der Waals surface area (Å²) >= 11 is 0. The average Bonchev–Trinajstić information content (AvgIpc) is 2.55. The maximum absolute atomic E-state index is 12.3. The average molecular weight is 354 g/mol. The van der Waals surface area contributed by atoms with E-state index >= 15 is 0 Å². The number of hydrogen-bond donors (Lipinski definition) is 2. The second-order valence-electron chi connectivity index (χ2n) is 6.35. The van der Waals surface area contributed by atoms with Gasteiger partial charge in [-0.1, -0.05) is 25.1 Å². The topological polar surface area (TPSA) is 61.4 Å². The van der Waals surface area contributed by atoms with Gasteiger partial charge in [-0.2, -0.15) is 0 Å². The van der Waals surface area contributed by atoms with Crippen LogP contribution in [0.4, 0.5) is 0 Å². The Hall–Kier alpha value is -1.59. The molecule has 6 heteroatoms. The van der Waals surface area contributed by atoms with Gasteiger partial charge in [0, 0.05) is 37.2 Å². The Morgan fingerprint density at radius 2 is 1.88 bits per heavy atom. The molecule has 0 spiro atoms. The molecule has 2 rings (SSSR count). The number of carbonyl (C=O) groups excluding carboxylic acids is 2. The lowest BCUT2D eigenvalue weighted by atomic mass is 10.0. The number of likely N-dealkylation sites (tertiary alicyclic amines) is 1. The van der Waals surface area contributed by atoms with Gasteiger partial charge < -0.3 is 15.5 Å². The summed E-state index contributed by atoms with van der Waals surface area (Å²) in [4.78, 5) is 26.5. The maximum atomic E-state index is 12.3. The van der Waals surface area contributed by atoms with Crippen molar-refractivity contribution in [3.63, 3.8) is 0 Å². The molecule has 0 saturated carbocycles. The zero-order chi connectivity index (χ0) is 16.8. The summed E-state index contributed by atoms with van der Waals surface area (Å²) in [7, 11) is 1.86. The van der Waals surface area contributed by atoms with Crippen LogP contribution in [0, 0.1) is 12.8 Å². The molecule has 1 atom stereocenters. The Balaban J connectivity index is 0.00000288. The van der Waals surface area contributed by atoms with Crippen LogP contribution in [0.3, 0.4) is 0 Å². The van der Waals surface area contributed by atoms with E-state index in [9.17, 15) is 9.59 Å². The minimum absolute atomic E-state index is 0. The van der Waals surface area contributed by atoms with Gasteiger partial charge in [0.1, 0.15) is 0 Å². The molecule has 1 fully saturated rings. The van der Waals surface area contributed by atoms with E-state index in [1.54, 1.807) is 0 Å². The number of benzene rings is 1. The largest absolute Gasteiger partial charge is 0.349 e. The molecule has 0 bridgehead atoms. The van der Waals surface area contributed by atoms with E-state index in [-0.39, 0.29) is 36.2 Å². The third-order valence-corrected chi connectivity index (χ3v) is 4.46. The second kappa shape index (κ2) is 9.64. The Kier molecular flexibility index (Phi) is 8.22. The molecule has 2 N–H and O–H groups in total. The standard InChI is InChI=1S/C18H27N3O2.ClH/c1-13-6-4-5-7-16(13)17(22)20-15-8-10-21(11-9-15)18(23)14(2)12-19-3;/h4-7,14-15,19H,8-12H2,1-3H3,(H,20,22);1H. The summed E-state index contributed by atoms with van der Waals surface area (Å²) in [6, 6.07) is 7.75. The monoisotopic (exact) mass is 353 g/mol. The number of carbonyl (C=O) groups is 2. The molecule has 1 unspecified atom stereocenters. The second-order valence-corrected chi connectivity index (χ2v) is 6.35. The highest BCUT2D eigenvalue weighted by Gasteiger charge is 2.26. The van der Waals surface area contributed by atoms with Crippen molar-refractivity contribution >= 4 is 24.2 Å². The fourth-order valence-electron chi connectivity index (χ4n) is 3.04. The number of amides is 2. The Morgan fingerprint density at radius 1 is 1.25 bits per heavy atom. The first-order valence-corrected chi connectivity index (χ1v) is 8.32. The predicted octanol–water partition coefficient (Wildman–Crippen LogP) is 1.99. The fourth-order valence-corrected chi connectivity index (χ4v) is 3.04. The van der Waals surface area contributed by atoms with E-state index < -0.39 is 0 Å². The summed E-state index contributed by atoms with van der Waals surface area (Å²) in [5.41, 5.74) is 1.71. The van der Waals surface area contributed by atoms with Gasteiger partial charge in [-0.25, -0.2) is 0 Å². The molecule has 134 valence electrons. The van der Waals surface area contributed by atoms with Crippen LogP contribution < -0.4 is 10.6 Å². The zero-order valence-electron chi connectivity index (χ0n) is 14.7. The molecular formula is C18H28ClN3O2. The quantitative estimate of drug-likeness (QED) is 0.851. The minimum atomic E-state index is -0.0172. The van der Waals surface area contributed by atoms with E-state index in [1.165, 1.54) is 0 Å². The van der Waals surface area contributed by atoms with Crippen LogP contribution in [0.5, 0.6) is 0 Å². The molecule has 0 radical (unpaired) electrons. The Morgan fingerprint density at radius 3 is 2.46 bits per heavy atom. The van der Waals surface area contributed by atoms with Gasteiger partial charge in [0.2, 0.25) is 5.91 Å². The highest BCUT2D eigenvalue weighted by atomic mass is 35.5. The minimum Gasteiger partial charge on any atom is -0.349 e. The Labute approximate surface area is 150 Å². The SMILES string of the molecule is CNCC(C)C(=O)N1CCC(NC(=O)c2ccccc2C)CC1.Cl. The van der Waals surface area contributed by atoms with Gasteiger partial charge in [0.25, 0.3) is 5.91 Å². The first-order chi connectivity index (χ1) is 11.0. The van der Waals surface area contributed by atoms with Crippen LogP contribution in [0.25, 0.3) is 0 Å². The van der Waals surface area contributed by atoms with Crippen molar-refractivity contribution in [1.82, 2.24) is 15.5 Å². The molecule has 2 amide bonds. The van der Waals surface area contributed by atoms with Gasteiger partial charge in [-0.05, 0) is 38.4 Å². The molecule has 1 aromatic rings. The lowest BCUT2D eigenvalue weighted by Gasteiger charge is -2.34. The molecule has 5 nitrogen and oxygen atoms in total. The molecule has 1 heterocycles. The molecule has 1 aliphatic rings. The highest BCUT2D eigenvalue weighted by Crippen LogP contribution is 2.15. The summed E-state index contributed by atoms with van der Waals surface area (Å²) in [6.07, 6.45) is 1.63. The molecule has 24 heavy (non-hydrogen) atoms. The fraction of sp³-hybridized carbons (Fsp3) is 0.556. The third kappa shape index (κ3) is 5.21. The van der Waals surface area contributed by atoms with E-state index in [0.717, 1.165) is 24.0 Å². The van der Waals surface area contributed by atoms with Gasteiger partial charge in [0.15, 0.2) is 0 Å². The lowest BCUT2D eigenvalue weighted by molar-refractivity contribution is -0.135. The van der Waals surface area contributed by atoms with Gasteiger partial charge >= 0.3 is 0 Å². The molecule has 1 aliphatic heterocycles. The number of hydrogen-bond acceptors (Lipinski definition) is 3. The van der Waals surface area contributed by atoms with Gasteiger partial charge in [-0.15, -0.1) is 12.4 Å². The first kappa shape index (κ1) is 20.5. The number of nitrogens with one attached hydrogen (secondary N) is 2. The molecule has 1 aromatic carbocycles. The number of halogens is 1. The van der Waals surface area contributed by atoms with Crippen molar-refractivity contribution in [3.05, 3.63) is 35.4 Å². The van der Waals surface area contributed by atoms with Crippen molar-refractivity contribution in [1.29, 1.82) is 0 Å². The van der Waals surface area contributed by atoms with Crippen LogP contribution in [-0.4, -0.2) is 49.4 Å². The van der Waals surface area contributed by atoms with E-state index in [2.05, 4.69) is 10.6 Å². The highest BCUT2D eigenvalue weighted by molar-refractivity contribution is 5.95. The van der Waals surface area contributed by atoms with E-state index in [1.807, 2.05) is 50.1 Å². The summed E-state index contributed by atoms with van der Waals surface area (Å²) in [5.74, 6) is 0.178. The summed E-state index contributed by atoms with van der Waals surface area (Å²) in [6.45, 7) is 6.02. The number of nitrogens with zero attached hydrogens (tertiary/aromatic N) is 1. The molecular weight excluding hydrogens is 326 g/mol. The van der Waals surface area contributed by atoms with Crippen molar-refractivity contribution in [2.24, 2.45) is 5.92 Å². The third-order valence-electron chi connectivity index (χ3n) is 4.46. The predicted molar refractivity (Wildman–Crippen MR) is 98.6 cm³/mol. The van der Waals surface area contributed by atoms with E-state index in [0.29, 0.717) is 19.6 Å². The van der Waals surface area contributed by atoms with Crippen molar-refractivity contribution in [2.45, 2.75) is 32.7 Å².